The van der Waals surface area contributed by atoms with E-state index in [1.165, 1.54) is 6.20 Å². The average molecular weight is 285 g/mol. The molecule has 0 aliphatic rings. The molecule has 0 aliphatic heterocycles. The van der Waals surface area contributed by atoms with Crippen molar-refractivity contribution in [2.45, 2.75) is 20.3 Å². The van der Waals surface area contributed by atoms with Crippen molar-refractivity contribution in [3.8, 4) is 0 Å². The maximum atomic E-state index is 11.9. The van der Waals surface area contributed by atoms with Crippen LogP contribution in [0.2, 0.25) is 0 Å². The molecule has 2 rings (SSSR count). The zero-order chi connectivity index (χ0) is 15.4. The number of aromatic carboxylic acids is 1. The fraction of sp³-hybridized carbons (Fsp3) is 0.200. The summed E-state index contributed by atoms with van der Waals surface area (Å²) in [6.45, 7) is 3.51. The third-order valence-corrected chi connectivity index (χ3v) is 2.88. The molecule has 108 valence electrons. The lowest BCUT2D eigenvalue weighted by molar-refractivity contribution is -0.115. The van der Waals surface area contributed by atoms with E-state index in [2.05, 4.69) is 15.3 Å². The molecule has 1 aromatic heterocycles. The Labute approximate surface area is 121 Å². The molecule has 0 spiro atoms. The van der Waals surface area contributed by atoms with Gasteiger partial charge in [0.25, 0.3) is 0 Å². The van der Waals surface area contributed by atoms with Gasteiger partial charge in [0.15, 0.2) is 0 Å². The van der Waals surface area contributed by atoms with Gasteiger partial charge in [-0.1, -0.05) is 12.1 Å². The van der Waals surface area contributed by atoms with E-state index in [1.54, 1.807) is 13.0 Å². The number of hydrogen-bond acceptors (Lipinski definition) is 4. The SMILES string of the molecule is Cc1cccc(NC(=O)Cc2ncc(C(=O)O)c(C)n2)c1. The Bertz CT molecular complexity index is 698. The second-order valence-corrected chi connectivity index (χ2v) is 4.68. The number of carbonyl (C=O) groups is 2. The number of benzene rings is 1. The van der Waals surface area contributed by atoms with Crippen molar-refractivity contribution in [2.75, 3.05) is 5.32 Å². The van der Waals surface area contributed by atoms with Gasteiger partial charge in [0.1, 0.15) is 5.82 Å². The zero-order valence-electron chi connectivity index (χ0n) is 11.8. The lowest BCUT2D eigenvalue weighted by Crippen LogP contribution is -2.17. The highest BCUT2D eigenvalue weighted by atomic mass is 16.4. The average Bonchev–Trinajstić information content (AvgIpc) is 2.38. The summed E-state index contributed by atoms with van der Waals surface area (Å²) >= 11 is 0. The number of nitrogens with zero attached hydrogens (tertiary/aromatic N) is 2. The molecule has 0 aliphatic carbocycles. The van der Waals surface area contributed by atoms with E-state index < -0.39 is 5.97 Å². The molecular weight excluding hydrogens is 270 g/mol. The molecule has 21 heavy (non-hydrogen) atoms. The molecule has 1 aromatic carbocycles. The second kappa shape index (κ2) is 6.13. The van der Waals surface area contributed by atoms with Crippen molar-refractivity contribution in [3.63, 3.8) is 0 Å². The Hall–Kier alpha value is -2.76. The Morgan fingerprint density at radius 3 is 2.67 bits per heavy atom. The Balaban J connectivity index is 2.06. The number of nitrogens with one attached hydrogen (secondary N) is 1. The van der Waals surface area contributed by atoms with Gasteiger partial charge >= 0.3 is 5.97 Å². The Morgan fingerprint density at radius 2 is 2.05 bits per heavy atom. The summed E-state index contributed by atoms with van der Waals surface area (Å²) in [6.07, 6.45) is 1.22. The van der Waals surface area contributed by atoms with Gasteiger partial charge in [0.2, 0.25) is 5.91 Å². The monoisotopic (exact) mass is 285 g/mol. The highest BCUT2D eigenvalue weighted by Gasteiger charge is 2.12. The lowest BCUT2D eigenvalue weighted by atomic mass is 10.2. The number of rotatable bonds is 4. The normalized spacial score (nSPS) is 10.2. The molecule has 0 saturated heterocycles. The third kappa shape index (κ3) is 3.85. The maximum Gasteiger partial charge on any atom is 0.339 e. The van der Waals surface area contributed by atoms with Gasteiger partial charge in [-0.15, -0.1) is 0 Å². The molecule has 0 bridgehead atoms. The van der Waals surface area contributed by atoms with E-state index in [4.69, 9.17) is 5.11 Å². The van der Waals surface area contributed by atoms with Crippen LogP contribution in [-0.4, -0.2) is 27.0 Å². The van der Waals surface area contributed by atoms with Crippen LogP contribution in [0.4, 0.5) is 5.69 Å². The molecule has 0 radical (unpaired) electrons. The molecule has 0 unspecified atom stereocenters. The van der Waals surface area contributed by atoms with Gasteiger partial charge in [0, 0.05) is 11.9 Å². The molecule has 6 heteroatoms. The number of aryl methyl sites for hydroxylation is 2. The van der Waals surface area contributed by atoms with Crippen LogP contribution in [0.25, 0.3) is 0 Å². The topological polar surface area (TPSA) is 92.2 Å². The molecule has 1 amide bonds. The van der Waals surface area contributed by atoms with E-state index >= 15 is 0 Å². The molecule has 0 fully saturated rings. The standard InChI is InChI=1S/C15H15N3O3/c1-9-4-3-5-11(6-9)18-14(19)7-13-16-8-12(15(20)21)10(2)17-13/h3-6,8H,7H2,1-2H3,(H,18,19)(H,20,21). The Kier molecular flexibility index (Phi) is 4.27. The van der Waals surface area contributed by atoms with E-state index in [-0.39, 0.29) is 17.9 Å². The molecule has 0 saturated carbocycles. The first kappa shape index (κ1) is 14.6. The molecular formula is C15H15N3O3. The van der Waals surface area contributed by atoms with E-state index in [0.717, 1.165) is 5.56 Å². The van der Waals surface area contributed by atoms with Crippen molar-refractivity contribution < 1.29 is 14.7 Å². The van der Waals surface area contributed by atoms with Crippen molar-refractivity contribution >= 4 is 17.6 Å². The van der Waals surface area contributed by atoms with Crippen LogP contribution >= 0.6 is 0 Å². The minimum absolute atomic E-state index is 0.00528. The quantitative estimate of drug-likeness (QED) is 0.896. The highest BCUT2D eigenvalue weighted by molar-refractivity contribution is 5.92. The van der Waals surface area contributed by atoms with Crippen molar-refractivity contribution in [3.05, 3.63) is 53.1 Å². The highest BCUT2D eigenvalue weighted by Crippen LogP contribution is 2.10. The van der Waals surface area contributed by atoms with Crippen molar-refractivity contribution in [2.24, 2.45) is 0 Å². The number of carboxylic acid groups (broad SMARTS) is 1. The maximum absolute atomic E-state index is 11.9. The molecule has 2 aromatic rings. The van der Waals surface area contributed by atoms with Gasteiger partial charge in [-0.05, 0) is 31.5 Å². The van der Waals surface area contributed by atoms with E-state index in [0.29, 0.717) is 17.2 Å². The van der Waals surface area contributed by atoms with Crippen LogP contribution in [-0.2, 0) is 11.2 Å². The largest absolute Gasteiger partial charge is 0.478 e. The number of hydrogen-bond donors (Lipinski definition) is 2. The van der Waals surface area contributed by atoms with Crippen LogP contribution in [0.3, 0.4) is 0 Å². The summed E-state index contributed by atoms with van der Waals surface area (Å²) in [4.78, 5) is 30.7. The molecule has 0 atom stereocenters. The first-order valence-corrected chi connectivity index (χ1v) is 6.38. The van der Waals surface area contributed by atoms with Crippen LogP contribution in [0, 0.1) is 13.8 Å². The summed E-state index contributed by atoms with van der Waals surface area (Å²) in [6, 6.07) is 7.45. The smallest absolute Gasteiger partial charge is 0.339 e. The van der Waals surface area contributed by atoms with Gasteiger partial charge in [-0.3, -0.25) is 4.79 Å². The van der Waals surface area contributed by atoms with Gasteiger partial charge < -0.3 is 10.4 Å². The van der Waals surface area contributed by atoms with Crippen LogP contribution in [0.1, 0.15) is 27.4 Å². The minimum Gasteiger partial charge on any atom is -0.478 e. The van der Waals surface area contributed by atoms with Crippen LogP contribution in [0.15, 0.2) is 30.5 Å². The van der Waals surface area contributed by atoms with Gasteiger partial charge in [-0.2, -0.15) is 0 Å². The second-order valence-electron chi connectivity index (χ2n) is 4.68. The predicted molar refractivity (Wildman–Crippen MR) is 77.2 cm³/mol. The number of aromatic nitrogens is 2. The number of amides is 1. The number of carboxylic acids is 1. The van der Waals surface area contributed by atoms with Crippen LogP contribution in [0.5, 0.6) is 0 Å². The Morgan fingerprint density at radius 1 is 1.29 bits per heavy atom. The predicted octanol–water partition coefficient (Wildman–Crippen LogP) is 1.97. The van der Waals surface area contributed by atoms with Crippen LogP contribution < -0.4 is 5.32 Å². The summed E-state index contributed by atoms with van der Waals surface area (Å²) in [5, 5.41) is 11.7. The minimum atomic E-state index is -1.08. The number of carbonyl (C=O) groups excluding carboxylic acids is 1. The third-order valence-electron chi connectivity index (χ3n) is 2.88. The molecule has 6 nitrogen and oxygen atoms in total. The fourth-order valence-electron chi connectivity index (χ4n) is 1.88. The first-order chi connectivity index (χ1) is 9.95. The van der Waals surface area contributed by atoms with Crippen molar-refractivity contribution in [1.29, 1.82) is 0 Å². The van der Waals surface area contributed by atoms with E-state index in [9.17, 15) is 9.59 Å². The molecule has 1 heterocycles. The first-order valence-electron chi connectivity index (χ1n) is 6.38. The zero-order valence-corrected chi connectivity index (χ0v) is 11.8. The summed E-state index contributed by atoms with van der Waals surface area (Å²) in [5.74, 6) is -1.03. The van der Waals surface area contributed by atoms with Gasteiger partial charge in [-0.25, -0.2) is 14.8 Å². The molecule has 2 N–H and O–H groups in total. The van der Waals surface area contributed by atoms with Gasteiger partial charge in [0.05, 0.1) is 17.7 Å². The van der Waals surface area contributed by atoms with E-state index in [1.807, 2.05) is 25.1 Å². The fourth-order valence-corrected chi connectivity index (χ4v) is 1.88. The number of anilines is 1. The summed E-state index contributed by atoms with van der Waals surface area (Å²) in [7, 11) is 0. The van der Waals surface area contributed by atoms with Crippen molar-refractivity contribution in [1.82, 2.24) is 9.97 Å². The summed E-state index contributed by atoms with van der Waals surface area (Å²) in [5.41, 5.74) is 2.14. The lowest BCUT2D eigenvalue weighted by Gasteiger charge is -2.06. The summed E-state index contributed by atoms with van der Waals surface area (Å²) < 4.78 is 0.